The summed E-state index contributed by atoms with van der Waals surface area (Å²) < 4.78 is 37.3. The van der Waals surface area contributed by atoms with Crippen LogP contribution in [-0.4, -0.2) is 47.2 Å². The number of nitrogens with zero attached hydrogens (tertiary/aromatic N) is 1. The van der Waals surface area contributed by atoms with Gasteiger partial charge in [-0.15, -0.1) is 0 Å². The smallest absolute Gasteiger partial charge is 0.334 e. The van der Waals surface area contributed by atoms with Gasteiger partial charge in [-0.2, -0.15) is 24.9 Å². The first kappa shape index (κ1) is 16.8. The molecular formula is C14H23F3N2OS. The first-order valence-electron chi connectivity index (χ1n) is 7.57. The molecule has 7 heteroatoms. The van der Waals surface area contributed by atoms with E-state index in [1.165, 1.54) is 4.90 Å². The van der Waals surface area contributed by atoms with Crippen LogP contribution < -0.4 is 5.32 Å². The van der Waals surface area contributed by atoms with Crippen molar-refractivity contribution in [1.29, 1.82) is 0 Å². The number of carbonyl (C=O) groups is 1. The molecule has 0 aromatic rings. The summed E-state index contributed by atoms with van der Waals surface area (Å²) in [6.07, 6.45) is 2.59. The maximum Gasteiger partial charge on any atom is 0.390 e. The van der Waals surface area contributed by atoms with Crippen LogP contribution in [0.3, 0.4) is 0 Å². The largest absolute Gasteiger partial charge is 0.390 e. The summed E-state index contributed by atoms with van der Waals surface area (Å²) in [5, 5.41) is 3.35. The number of amides is 2. The second kappa shape index (κ2) is 7.11. The van der Waals surface area contributed by atoms with Crippen LogP contribution in [-0.2, 0) is 0 Å². The van der Waals surface area contributed by atoms with Gasteiger partial charge in [0.2, 0.25) is 0 Å². The molecule has 0 radical (unpaired) electrons. The van der Waals surface area contributed by atoms with Crippen molar-refractivity contribution in [2.24, 2.45) is 0 Å². The summed E-state index contributed by atoms with van der Waals surface area (Å²) in [4.78, 5) is 13.8. The van der Waals surface area contributed by atoms with Crippen molar-refractivity contribution in [3.05, 3.63) is 0 Å². The number of hydrogen-bond acceptors (Lipinski definition) is 2. The van der Waals surface area contributed by atoms with Gasteiger partial charge in [0.15, 0.2) is 0 Å². The standard InChI is InChI=1S/C14H23F3N2OS/c1-21-12-7-3-6-11(12)18-13(20)19(10-4-2-5-10)9-8-14(15,16)17/h10-12H,2-9H2,1H3,(H,18,20). The van der Waals surface area contributed by atoms with Gasteiger partial charge in [0, 0.05) is 23.9 Å². The third-order valence-electron chi connectivity index (χ3n) is 4.48. The topological polar surface area (TPSA) is 32.3 Å². The number of urea groups is 1. The molecule has 0 spiro atoms. The van der Waals surface area contributed by atoms with Gasteiger partial charge in [0.1, 0.15) is 0 Å². The number of halogens is 3. The zero-order valence-electron chi connectivity index (χ0n) is 12.3. The third-order valence-corrected chi connectivity index (χ3v) is 5.65. The molecular weight excluding hydrogens is 301 g/mol. The molecule has 0 heterocycles. The Morgan fingerprint density at radius 2 is 1.90 bits per heavy atom. The maximum atomic E-state index is 12.4. The fraction of sp³-hybridized carbons (Fsp3) is 0.929. The summed E-state index contributed by atoms with van der Waals surface area (Å²) >= 11 is 1.73. The fourth-order valence-electron chi connectivity index (χ4n) is 3.01. The van der Waals surface area contributed by atoms with E-state index in [1.807, 2.05) is 6.26 Å². The lowest BCUT2D eigenvalue weighted by atomic mass is 9.91. The Morgan fingerprint density at radius 1 is 1.24 bits per heavy atom. The Morgan fingerprint density at radius 3 is 2.43 bits per heavy atom. The first-order valence-corrected chi connectivity index (χ1v) is 8.86. The minimum atomic E-state index is -4.21. The summed E-state index contributed by atoms with van der Waals surface area (Å²) in [5.74, 6) is 0. The number of hydrogen-bond donors (Lipinski definition) is 1. The monoisotopic (exact) mass is 324 g/mol. The Balaban J connectivity index is 1.91. The van der Waals surface area contributed by atoms with Crippen molar-refractivity contribution in [3.63, 3.8) is 0 Å². The first-order chi connectivity index (χ1) is 9.90. The molecule has 0 bridgehead atoms. The van der Waals surface area contributed by atoms with Crippen LogP contribution >= 0.6 is 11.8 Å². The normalized spacial score (nSPS) is 26.5. The zero-order valence-corrected chi connectivity index (χ0v) is 13.1. The van der Waals surface area contributed by atoms with Gasteiger partial charge in [-0.05, 0) is 38.4 Å². The second-order valence-corrected chi connectivity index (χ2v) is 6.98. The van der Waals surface area contributed by atoms with E-state index in [4.69, 9.17) is 0 Å². The van der Waals surface area contributed by atoms with Crippen molar-refractivity contribution >= 4 is 17.8 Å². The van der Waals surface area contributed by atoms with Crippen LogP contribution in [0.4, 0.5) is 18.0 Å². The Hall–Kier alpha value is -0.590. The van der Waals surface area contributed by atoms with E-state index < -0.39 is 12.6 Å². The lowest BCUT2D eigenvalue weighted by molar-refractivity contribution is -0.137. The highest BCUT2D eigenvalue weighted by molar-refractivity contribution is 7.99. The van der Waals surface area contributed by atoms with Crippen molar-refractivity contribution in [1.82, 2.24) is 10.2 Å². The van der Waals surface area contributed by atoms with E-state index in [1.54, 1.807) is 11.8 Å². The molecule has 0 aromatic carbocycles. The van der Waals surface area contributed by atoms with Crippen molar-refractivity contribution in [3.8, 4) is 0 Å². The van der Waals surface area contributed by atoms with Crippen molar-refractivity contribution in [2.75, 3.05) is 12.8 Å². The van der Waals surface area contributed by atoms with Crippen LogP contribution in [0.2, 0.25) is 0 Å². The van der Waals surface area contributed by atoms with E-state index >= 15 is 0 Å². The Kier molecular flexibility index (Phi) is 5.68. The summed E-state index contributed by atoms with van der Waals surface area (Å²) in [7, 11) is 0. The summed E-state index contributed by atoms with van der Waals surface area (Å²) in [6, 6.07) is -0.225. The molecule has 2 unspecified atom stereocenters. The molecule has 122 valence electrons. The van der Waals surface area contributed by atoms with Gasteiger partial charge >= 0.3 is 12.2 Å². The molecule has 0 aliphatic heterocycles. The molecule has 2 atom stereocenters. The van der Waals surface area contributed by atoms with Gasteiger partial charge in [-0.3, -0.25) is 0 Å². The van der Waals surface area contributed by atoms with E-state index in [2.05, 4.69) is 5.32 Å². The molecule has 2 rings (SSSR count). The summed E-state index contributed by atoms with van der Waals surface area (Å²) in [5.41, 5.74) is 0. The lowest BCUT2D eigenvalue weighted by Gasteiger charge is -2.38. The second-order valence-electron chi connectivity index (χ2n) is 5.90. The van der Waals surface area contributed by atoms with Crippen LogP contribution in [0.25, 0.3) is 0 Å². The molecule has 2 aliphatic rings. The van der Waals surface area contributed by atoms with E-state index in [0.29, 0.717) is 5.25 Å². The quantitative estimate of drug-likeness (QED) is 0.834. The zero-order chi connectivity index (χ0) is 15.5. The van der Waals surface area contributed by atoms with Crippen LogP contribution in [0.5, 0.6) is 0 Å². The molecule has 21 heavy (non-hydrogen) atoms. The Bertz CT molecular complexity index is 361. The lowest BCUT2D eigenvalue weighted by Crippen LogP contribution is -2.53. The SMILES string of the molecule is CSC1CCCC1NC(=O)N(CCC(F)(F)F)C1CCC1. The fourth-order valence-corrected chi connectivity index (χ4v) is 3.95. The van der Waals surface area contributed by atoms with Crippen LogP contribution in [0.15, 0.2) is 0 Å². The minimum absolute atomic E-state index is 0.0125. The molecule has 1 N–H and O–H groups in total. The van der Waals surface area contributed by atoms with Gasteiger partial charge < -0.3 is 10.2 Å². The van der Waals surface area contributed by atoms with E-state index in [9.17, 15) is 18.0 Å². The van der Waals surface area contributed by atoms with E-state index in [0.717, 1.165) is 38.5 Å². The molecule has 2 amide bonds. The average Bonchev–Trinajstić information content (AvgIpc) is 2.77. The highest BCUT2D eigenvalue weighted by atomic mass is 32.2. The van der Waals surface area contributed by atoms with Gasteiger partial charge in [-0.25, -0.2) is 4.79 Å². The Labute approximate surface area is 128 Å². The predicted octanol–water partition coefficient (Wildman–Crippen LogP) is 3.79. The molecule has 3 nitrogen and oxygen atoms in total. The number of carbonyl (C=O) groups excluding carboxylic acids is 1. The highest BCUT2D eigenvalue weighted by Gasteiger charge is 2.36. The third kappa shape index (κ3) is 4.69. The molecule has 0 aromatic heterocycles. The highest BCUT2D eigenvalue weighted by Crippen LogP contribution is 2.30. The van der Waals surface area contributed by atoms with Gasteiger partial charge in [0.25, 0.3) is 0 Å². The van der Waals surface area contributed by atoms with Gasteiger partial charge in [-0.1, -0.05) is 6.42 Å². The van der Waals surface area contributed by atoms with Crippen molar-refractivity contribution in [2.45, 2.75) is 68.5 Å². The minimum Gasteiger partial charge on any atom is -0.334 e. The van der Waals surface area contributed by atoms with E-state index in [-0.39, 0.29) is 24.7 Å². The molecule has 2 fully saturated rings. The average molecular weight is 324 g/mol. The maximum absolute atomic E-state index is 12.4. The molecule has 0 saturated heterocycles. The van der Waals surface area contributed by atoms with Crippen molar-refractivity contribution < 1.29 is 18.0 Å². The molecule has 2 aliphatic carbocycles. The van der Waals surface area contributed by atoms with Crippen LogP contribution in [0.1, 0.15) is 44.9 Å². The number of nitrogens with one attached hydrogen (secondary N) is 1. The number of rotatable bonds is 5. The predicted molar refractivity (Wildman–Crippen MR) is 78.5 cm³/mol. The number of alkyl halides is 3. The van der Waals surface area contributed by atoms with Gasteiger partial charge in [0.05, 0.1) is 6.42 Å². The summed E-state index contributed by atoms with van der Waals surface area (Å²) in [6.45, 7) is -0.226. The molecule has 2 saturated carbocycles. The number of thioether (sulfide) groups is 1. The van der Waals surface area contributed by atoms with Crippen LogP contribution in [0, 0.1) is 0 Å².